The molecular weight excluding hydrogens is 303 g/mol. The Bertz CT molecular complexity index is 599. The quantitative estimate of drug-likeness (QED) is 0.661. The van der Waals surface area contributed by atoms with Crippen LogP contribution in [0.25, 0.3) is 0 Å². The van der Waals surface area contributed by atoms with Crippen LogP contribution in [-0.2, 0) is 6.18 Å². The Balaban J connectivity index is 2.95. The van der Waals surface area contributed by atoms with Gasteiger partial charge in [0.25, 0.3) is 5.91 Å². The minimum Gasteiger partial charge on any atom is -0.339 e. The lowest BCUT2D eigenvalue weighted by molar-refractivity contribution is -0.137. The Hall–Kier alpha value is -1.93. The van der Waals surface area contributed by atoms with E-state index in [1.165, 1.54) is 6.07 Å². The van der Waals surface area contributed by atoms with Crippen molar-refractivity contribution in [2.75, 3.05) is 0 Å². The van der Waals surface area contributed by atoms with Gasteiger partial charge in [0.2, 0.25) is 0 Å². The first-order chi connectivity index (χ1) is 9.77. The fourth-order valence-corrected chi connectivity index (χ4v) is 1.84. The van der Waals surface area contributed by atoms with E-state index in [2.05, 4.69) is 23.7 Å². The summed E-state index contributed by atoms with van der Waals surface area (Å²) in [6.45, 7) is 5.12. The first-order valence-electron chi connectivity index (χ1n) is 6.03. The third-order valence-corrected chi connectivity index (χ3v) is 2.87. The van der Waals surface area contributed by atoms with Crippen molar-refractivity contribution in [2.24, 2.45) is 0 Å². The number of nitrogens with one attached hydrogen (secondary N) is 1. The van der Waals surface area contributed by atoms with Crippen molar-refractivity contribution < 1.29 is 18.0 Å². The molecular formula is C15H13ClF3NO. The van der Waals surface area contributed by atoms with Crippen molar-refractivity contribution >= 4 is 17.5 Å². The molecule has 21 heavy (non-hydrogen) atoms. The molecule has 1 rings (SSSR count). The monoisotopic (exact) mass is 315 g/mol. The zero-order valence-electron chi connectivity index (χ0n) is 11.2. The number of carbonyl (C=O) groups is 1. The smallest absolute Gasteiger partial charge is 0.339 e. The Morgan fingerprint density at radius 2 is 2.19 bits per heavy atom. The molecule has 2 nitrogen and oxygen atoms in total. The van der Waals surface area contributed by atoms with Crippen LogP contribution in [0.5, 0.6) is 0 Å². The maximum Gasteiger partial charge on any atom is 0.417 e. The maximum absolute atomic E-state index is 12.7. The maximum atomic E-state index is 12.7. The number of amides is 1. The number of allylic oxidation sites excluding steroid dienone is 1. The van der Waals surface area contributed by atoms with Gasteiger partial charge in [-0.1, -0.05) is 35.6 Å². The van der Waals surface area contributed by atoms with E-state index in [1.807, 2.05) is 0 Å². The Kier molecular flexibility index (Phi) is 5.86. The molecule has 0 fully saturated rings. The molecule has 0 aromatic heterocycles. The highest BCUT2D eigenvalue weighted by Crippen LogP contribution is 2.36. The molecule has 0 aliphatic rings. The van der Waals surface area contributed by atoms with Crippen molar-refractivity contribution in [3.8, 4) is 11.8 Å². The van der Waals surface area contributed by atoms with Crippen LogP contribution < -0.4 is 5.32 Å². The molecule has 1 atom stereocenters. The summed E-state index contributed by atoms with van der Waals surface area (Å²) in [5.41, 5.74) is -1.27. The number of benzene rings is 1. The Morgan fingerprint density at radius 3 is 2.76 bits per heavy atom. The van der Waals surface area contributed by atoms with Crippen LogP contribution in [0.4, 0.5) is 13.2 Å². The molecule has 112 valence electrons. The zero-order valence-corrected chi connectivity index (χ0v) is 12.0. The van der Waals surface area contributed by atoms with E-state index in [0.717, 1.165) is 12.1 Å². The number of alkyl halides is 3. The highest BCUT2D eigenvalue weighted by atomic mass is 35.5. The predicted octanol–water partition coefficient (Wildman–Crippen LogP) is 4.06. The van der Waals surface area contributed by atoms with E-state index in [1.54, 1.807) is 13.0 Å². The fourth-order valence-electron chi connectivity index (χ4n) is 1.52. The van der Waals surface area contributed by atoms with Gasteiger partial charge in [-0.2, -0.15) is 13.2 Å². The van der Waals surface area contributed by atoms with Crippen molar-refractivity contribution in [2.45, 2.75) is 25.6 Å². The van der Waals surface area contributed by atoms with Crippen LogP contribution in [-0.4, -0.2) is 11.9 Å². The normalized spacial score (nSPS) is 12.0. The van der Waals surface area contributed by atoms with E-state index >= 15 is 0 Å². The second-order valence-corrected chi connectivity index (χ2v) is 4.55. The van der Waals surface area contributed by atoms with Crippen LogP contribution in [0, 0.1) is 11.8 Å². The molecule has 0 aliphatic heterocycles. The standard InChI is InChI=1S/C15H13ClF3NO/c1-3-4-5-7-10(2)20-14(21)11-8-6-9-12(13(11)16)15(17,18)19/h3,6,8-10H,1,4H2,2H3,(H,20,21). The average molecular weight is 316 g/mol. The molecule has 0 heterocycles. The molecule has 1 N–H and O–H groups in total. The van der Waals surface area contributed by atoms with Crippen LogP contribution in [0.1, 0.15) is 29.3 Å². The molecule has 1 amide bonds. The summed E-state index contributed by atoms with van der Waals surface area (Å²) in [6, 6.07) is 2.68. The van der Waals surface area contributed by atoms with Gasteiger partial charge in [-0.25, -0.2) is 0 Å². The minimum absolute atomic E-state index is 0.233. The van der Waals surface area contributed by atoms with Gasteiger partial charge in [0, 0.05) is 6.42 Å². The van der Waals surface area contributed by atoms with Crippen LogP contribution in [0.15, 0.2) is 30.9 Å². The highest BCUT2D eigenvalue weighted by molar-refractivity contribution is 6.34. The molecule has 0 saturated heterocycles. The first-order valence-corrected chi connectivity index (χ1v) is 6.41. The summed E-state index contributed by atoms with van der Waals surface area (Å²) in [4.78, 5) is 11.9. The second-order valence-electron chi connectivity index (χ2n) is 4.17. The summed E-state index contributed by atoms with van der Waals surface area (Å²) in [7, 11) is 0. The summed E-state index contributed by atoms with van der Waals surface area (Å²) in [5.74, 6) is 4.77. The van der Waals surface area contributed by atoms with Gasteiger partial charge in [-0.3, -0.25) is 4.79 Å². The van der Waals surface area contributed by atoms with Crippen LogP contribution in [0.2, 0.25) is 5.02 Å². The van der Waals surface area contributed by atoms with Crippen molar-refractivity contribution in [3.05, 3.63) is 47.0 Å². The van der Waals surface area contributed by atoms with E-state index < -0.39 is 28.7 Å². The van der Waals surface area contributed by atoms with Crippen LogP contribution in [0.3, 0.4) is 0 Å². The van der Waals surface area contributed by atoms with E-state index in [4.69, 9.17) is 11.6 Å². The molecule has 1 unspecified atom stereocenters. The molecule has 0 spiro atoms. The lowest BCUT2D eigenvalue weighted by Crippen LogP contribution is -2.32. The highest BCUT2D eigenvalue weighted by Gasteiger charge is 2.34. The largest absolute Gasteiger partial charge is 0.417 e. The predicted molar refractivity (Wildman–Crippen MR) is 76.0 cm³/mol. The number of rotatable bonds is 3. The summed E-state index contributed by atoms with van der Waals surface area (Å²) >= 11 is 5.67. The van der Waals surface area contributed by atoms with Crippen LogP contribution >= 0.6 is 11.6 Å². The van der Waals surface area contributed by atoms with Gasteiger partial charge in [0.1, 0.15) is 0 Å². The van der Waals surface area contributed by atoms with Gasteiger partial charge >= 0.3 is 6.18 Å². The summed E-state index contributed by atoms with van der Waals surface area (Å²) < 4.78 is 38.1. The number of carbonyl (C=O) groups excluding carboxylic acids is 1. The average Bonchev–Trinajstić information content (AvgIpc) is 2.37. The van der Waals surface area contributed by atoms with Crippen molar-refractivity contribution in [1.82, 2.24) is 5.32 Å². The van der Waals surface area contributed by atoms with E-state index in [-0.39, 0.29) is 5.56 Å². The van der Waals surface area contributed by atoms with Crippen molar-refractivity contribution in [1.29, 1.82) is 0 Å². The number of hydrogen-bond acceptors (Lipinski definition) is 1. The molecule has 0 bridgehead atoms. The molecule has 6 heteroatoms. The van der Waals surface area contributed by atoms with Gasteiger partial charge < -0.3 is 5.32 Å². The van der Waals surface area contributed by atoms with Gasteiger partial charge in [-0.15, -0.1) is 6.58 Å². The topological polar surface area (TPSA) is 29.1 Å². The van der Waals surface area contributed by atoms with Gasteiger partial charge in [0.05, 0.1) is 22.2 Å². The lowest BCUT2D eigenvalue weighted by Gasteiger charge is -2.13. The molecule has 1 aromatic carbocycles. The Morgan fingerprint density at radius 1 is 1.52 bits per heavy atom. The number of hydrogen-bond donors (Lipinski definition) is 1. The molecule has 0 radical (unpaired) electrons. The lowest BCUT2D eigenvalue weighted by atomic mass is 10.1. The van der Waals surface area contributed by atoms with Gasteiger partial charge in [-0.05, 0) is 19.1 Å². The van der Waals surface area contributed by atoms with E-state index in [9.17, 15) is 18.0 Å². The summed E-state index contributed by atoms with van der Waals surface area (Å²) in [5, 5.41) is 1.86. The zero-order chi connectivity index (χ0) is 16.0. The third kappa shape index (κ3) is 4.83. The van der Waals surface area contributed by atoms with E-state index in [0.29, 0.717) is 6.42 Å². The Labute approximate surface area is 126 Å². The third-order valence-electron chi connectivity index (χ3n) is 2.46. The summed E-state index contributed by atoms with van der Waals surface area (Å²) in [6.07, 6.45) is -2.54. The number of halogens is 4. The molecule has 0 saturated carbocycles. The fraction of sp³-hybridized carbons (Fsp3) is 0.267. The molecule has 1 aromatic rings. The first kappa shape index (κ1) is 17.1. The van der Waals surface area contributed by atoms with Crippen molar-refractivity contribution in [3.63, 3.8) is 0 Å². The van der Waals surface area contributed by atoms with Gasteiger partial charge in [0.15, 0.2) is 0 Å². The second kappa shape index (κ2) is 7.19. The SMILES string of the molecule is C=CCC#CC(C)NC(=O)c1cccc(C(F)(F)F)c1Cl. The minimum atomic E-state index is -4.61. The molecule has 0 aliphatic carbocycles.